The normalized spacial score (nSPS) is 14.4. The van der Waals surface area contributed by atoms with Crippen molar-refractivity contribution in [3.05, 3.63) is 35.4 Å². The highest BCUT2D eigenvalue weighted by Crippen LogP contribution is 2.12. The van der Waals surface area contributed by atoms with Gasteiger partial charge in [-0.25, -0.2) is 4.21 Å². The standard InChI is InChI=1S/C12H17NOS/c1-10-7-5-6-8-11(10)9-13-15(14)12(2,3)4/h5-9H,1-4H3/t15-/m1/s1. The lowest BCUT2D eigenvalue weighted by Gasteiger charge is -2.12. The number of nitrogens with zero attached hydrogens (tertiary/aromatic N) is 1. The van der Waals surface area contributed by atoms with Crippen LogP contribution in [-0.2, 0) is 11.0 Å². The van der Waals surface area contributed by atoms with E-state index in [1.807, 2.05) is 52.0 Å². The van der Waals surface area contributed by atoms with Gasteiger partial charge in [0.25, 0.3) is 0 Å². The predicted octanol–water partition coefficient (Wildman–Crippen LogP) is 2.88. The molecule has 0 heterocycles. The van der Waals surface area contributed by atoms with Crippen molar-refractivity contribution in [2.45, 2.75) is 32.4 Å². The van der Waals surface area contributed by atoms with Gasteiger partial charge in [0.2, 0.25) is 0 Å². The second-order valence-electron chi connectivity index (χ2n) is 4.45. The first kappa shape index (κ1) is 12.1. The van der Waals surface area contributed by atoms with Crippen molar-refractivity contribution in [2.24, 2.45) is 4.40 Å². The third-order valence-electron chi connectivity index (χ3n) is 2.00. The predicted molar refractivity (Wildman–Crippen MR) is 66.7 cm³/mol. The largest absolute Gasteiger partial charge is 0.234 e. The van der Waals surface area contributed by atoms with Crippen LogP contribution in [0.25, 0.3) is 0 Å². The van der Waals surface area contributed by atoms with Gasteiger partial charge in [-0.3, -0.25) is 0 Å². The Kier molecular flexibility index (Phi) is 3.80. The highest BCUT2D eigenvalue weighted by atomic mass is 32.2. The minimum Gasteiger partial charge on any atom is -0.234 e. The summed E-state index contributed by atoms with van der Waals surface area (Å²) in [7, 11) is -1.18. The first-order chi connectivity index (χ1) is 6.91. The van der Waals surface area contributed by atoms with E-state index in [-0.39, 0.29) is 4.75 Å². The molecule has 0 saturated heterocycles. The molecule has 0 aliphatic carbocycles. The molecule has 1 rings (SSSR count). The second kappa shape index (κ2) is 4.71. The van der Waals surface area contributed by atoms with Crippen molar-refractivity contribution >= 4 is 17.2 Å². The van der Waals surface area contributed by atoms with Crippen molar-refractivity contribution in [3.63, 3.8) is 0 Å². The zero-order valence-corrected chi connectivity index (χ0v) is 10.5. The third kappa shape index (κ3) is 3.59. The van der Waals surface area contributed by atoms with Gasteiger partial charge in [0.05, 0.1) is 4.75 Å². The van der Waals surface area contributed by atoms with E-state index >= 15 is 0 Å². The Balaban J connectivity index is 2.84. The Bertz CT molecular complexity index is 391. The maximum atomic E-state index is 11.7. The van der Waals surface area contributed by atoms with Crippen molar-refractivity contribution in [1.82, 2.24) is 0 Å². The lowest BCUT2D eigenvalue weighted by atomic mass is 10.1. The van der Waals surface area contributed by atoms with Crippen LogP contribution in [0, 0.1) is 6.92 Å². The minimum atomic E-state index is -1.18. The Morgan fingerprint density at radius 2 is 1.87 bits per heavy atom. The lowest BCUT2D eigenvalue weighted by Crippen LogP contribution is -2.19. The average Bonchev–Trinajstić information content (AvgIpc) is 2.14. The fourth-order valence-electron chi connectivity index (χ4n) is 0.994. The molecule has 3 heteroatoms. The monoisotopic (exact) mass is 223 g/mol. The lowest BCUT2D eigenvalue weighted by molar-refractivity contribution is 0.651. The fraction of sp³-hybridized carbons (Fsp3) is 0.417. The molecule has 0 unspecified atom stereocenters. The zero-order valence-electron chi connectivity index (χ0n) is 9.65. The maximum Gasteiger partial charge on any atom is 0.144 e. The van der Waals surface area contributed by atoms with Crippen molar-refractivity contribution in [1.29, 1.82) is 0 Å². The number of rotatable bonds is 2. The van der Waals surface area contributed by atoms with Gasteiger partial charge in [-0.05, 0) is 38.8 Å². The van der Waals surface area contributed by atoms with E-state index in [0.29, 0.717) is 0 Å². The van der Waals surface area contributed by atoms with E-state index in [1.165, 1.54) is 0 Å². The molecule has 0 N–H and O–H groups in total. The topological polar surface area (TPSA) is 29.4 Å². The van der Waals surface area contributed by atoms with Gasteiger partial charge >= 0.3 is 0 Å². The van der Waals surface area contributed by atoms with Crippen LogP contribution in [0.4, 0.5) is 0 Å². The first-order valence-corrected chi connectivity index (χ1v) is 6.03. The van der Waals surface area contributed by atoms with Gasteiger partial charge in [0, 0.05) is 6.21 Å². The van der Waals surface area contributed by atoms with E-state index in [0.717, 1.165) is 11.1 Å². The molecule has 0 aliphatic heterocycles. The summed E-state index contributed by atoms with van der Waals surface area (Å²) in [5.74, 6) is 0. The molecule has 0 fully saturated rings. The van der Waals surface area contributed by atoms with Gasteiger partial charge in [-0.15, -0.1) is 0 Å². The van der Waals surface area contributed by atoms with Gasteiger partial charge in [0.15, 0.2) is 0 Å². The van der Waals surface area contributed by atoms with E-state index < -0.39 is 11.0 Å². The average molecular weight is 223 g/mol. The summed E-state index contributed by atoms with van der Waals surface area (Å²) in [5.41, 5.74) is 2.17. The van der Waals surface area contributed by atoms with Crippen molar-refractivity contribution in [2.75, 3.05) is 0 Å². The van der Waals surface area contributed by atoms with Crippen LogP contribution in [0.15, 0.2) is 28.7 Å². The van der Waals surface area contributed by atoms with Gasteiger partial charge in [-0.1, -0.05) is 24.3 Å². The zero-order chi connectivity index (χ0) is 11.5. The van der Waals surface area contributed by atoms with Crippen molar-refractivity contribution < 1.29 is 4.21 Å². The molecule has 82 valence electrons. The van der Waals surface area contributed by atoms with E-state index in [1.54, 1.807) is 6.21 Å². The number of benzene rings is 1. The summed E-state index contributed by atoms with van der Waals surface area (Å²) >= 11 is 0. The summed E-state index contributed by atoms with van der Waals surface area (Å²) in [4.78, 5) is 0. The maximum absolute atomic E-state index is 11.7. The molecule has 0 amide bonds. The molecule has 0 saturated carbocycles. The van der Waals surface area contributed by atoms with Crippen LogP contribution >= 0.6 is 0 Å². The smallest absolute Gasteiger partial charge is 0.144 e. The molecule has 0 aromatic heterocycles. The fourth-order valence-corrected chi connectivity index (χ4v) is 1.52. The Morgan fingerprint density at radius 3 is 2.40 bits per heavy atom. The molecule has 1 aromatic carbocycles. The van der Waals surface area contributed by atoms with Crippen LogP contribution in [0.3, 0.4) is 0 Å². The highest BCUT2D eigenvalue weighted by molar-refractivity contribution is 7.85. The van der Waals surface area contributed by atoms with Crippen LogP contribution in [0.2, 0.25) is 0 Å². The SMILES string of the molecule is Cc1ccccc1C=N[S@](=O)C(C)(C)C. The summed E-state index contributed by atoms with van der Waals surface area (Å²) in [6.07, 6.45) is 1.69. The number of hydrogen-bond acceptors (Lipinski definition) is 1. The third-order valence-corrected chi connectivity index (χ3v) is 3.34. The first-order valence-electron chi connectivity index (χ1n) is 4.93. The molecule has 0 spiro atoms. The van der Waals surface area contributed by atoms with E-state index in [9.17, 15) is 4.21 Å². The van der Waals surface area contributed by atoms with Gasteiger partial charge in [-0.2, -0.15) is 4.40 Å². The molecule has 1 aromatic rings. The van der Waals surface area contributed by atoms with Crippen LogP contribution in [0.5, 0.6) is 0 Å². The molecular weight excluding hydrogens is 206 g/mol. The molecule has 0 radical (unpaired) electrons. The number of aryl methyl sites for hydroxylation is 1. The minimum absolute atomic E-state index is 0.292. The van der Waals surface area contributed by atoms with Crippen molar-refractivity contribution in [3.8, 4) is 0 Å². The summed E-state index contributed by atoms with van der Waals surface area (Å²) < 4.78 is 15.4. The molecule has 1 atom stereocenters. The van der Waals surface area contributed by atoms with Crippen LogP contribution in [0.1, 0.15) is 31.9 Å². The summed E-state index contributed by atoms with van der Waals surface area (Å²) in [6.45, 7) is 7.76. The molecular formula is C12H17NOS. The molecule has 0 bridgehead atoms. The molecule has 15 heavy (non-hydrogen) atoms. The molecule has 2 nitrogen and oxygen atoms in total. The number of hydrogen-bond donors (Lipinski definition) is 0. The van der Waals surface area contributed by atoms with Gasteiger partial charge in [0.1, 0.15) is 11.0 Å². The van der Waals surface area contributed by atoms with Crippen LogP contribution < -0.4 is 0 Å². The second-order valence-corrected chi connectivity index (χ2v) is 6.39. The van der Waals surface area contributed by atoms with Gasteiger partial charge < -0.3 is 0 Å². The molecule has 0 aliphatic rings. The van der Waals surface area contributed by atoms with E-state index in [4.69, 9.17) is 0 Å². The quantitative estimate of drug-likeness (QED) is 0.709. The highest BCUT2D eigenvalue weighted by Gasteiger charge is 2.18. The summed E-state index contributed by atoms with van der Waals surface area (Å²) in [6, 6.07) is 7.92. The van der Waals surface area contributed by atoms with E-state index in [2.05, 4.69) is 4.40 Å². The Labute approximate surface area is 94.0 Å². The Morgan fingerprint density at radius 1 is 1.27 bits per heavy atom. The van der Waals surface area contributed by atoms with Crippen LogP contribution in [-0.4, -0.2) is 15.2 Å². The summed E-state index contributed by atoms with van der Waals surface area (Å²) in [5, 5.41) is 0. The Hall–Kier alpha value is -0.960.